The summed E-state index contributed by atoms with van der Waals surface area (Å²) < 4.78 is 6.01. The molecule has 0 aliphatic carbocycles. The summed E-state index contributed by atoms with van der Waals surface area (Å²) in [7, 11) is 0. The van der Waals surface area contributed by atoms with Gasteiger partial charge in [0.1, 0.15) is 11.3 Å². The van der Waals surface area contributed by atoms with Gasteiger partial charge in [-0.05, 0) is 50.1 Å². The Labute approximate surface area is 182 Å². The Kier molecular flexibility index (Phi) is 5.29. The fourth-order valence-corrected chi connectivity index (χ4v) is 4.34. The van der Waals surface area contributed by atoms with Gasteiger partial charge in [0.25, 0.3) is 5.91 Å². The van der Waals surface area contributed by atoms with Crippen molar-refractivity contribution < 1.29 is 14.0 Å². The highest BCUT2D eigenvalue weighted by Gasteiger charge is 2.15. The minimum absolute atomic E-state index is 0.0814. The molecule has 1 amide bonds. The first-order valence-corrected chi connectivity index (χ1v) is 10.5. The first kappa shape index (κ1) is 20.7. The number of anilines is 1. The van der Waals surface area contributed by atoms with Gasteiger partial charge in [-0.25, -0.2) is 4.98 Å². The predicted molar refractivity (Wildman–Crippen MR) is 122 cm³/mol. The second-order valence-electron chi connectivity index (χ2n) is 7.45. The van der Waals surface area contributed by atoms with Gasteiger partial charge in [0, 0.05) is 24.1 Å². The van der Waals surface area contributed by atoms with E-state index < -0.39 is 0 Å². The Morgan fingerprint density at radius 2 is 1.74 bits per heavy atom. The Morgan fingerprint density at radius 3 is 2.39 bits per heavy atom. The summed E-state index contributed by atoms with van der Waals surface area (Å²) in [6, 6.07) is 12.0. The van der Waals surface area contributed by atoms with Crippen LogP contribution in [0.3, 0.4) is 0 Å². The van der Waals surface area contributed by atoms with E-state index in [1.807, 2.05) is 26.0 Å². The fraction of sp³-hybridized carbons (Fsp3) is 0.167. The van der Waals surface area contributed by atoms with Crippen molar-refractivity contribution in [2.24, 2.45) is 0 Å². The van der Waals surface area contributed by atoms with Crippen LogP contribution in [-0.2, 0) is 0 Å². The van der Waals surface area contributed by atoms with Crippen LogP contribution in [-0.4, -0.2) is 16.7 Å². The molecule has 4 aromatic rings. The molecule has 7 heteroatoms. The molecule has 156 valence electrons. The van der Waals surface area contributed by atoms with Gasteiger partial charge in [0.15, 0.2) is 16.3 Å². The second-order valence-corrected chi connectivity index (χ2v) is 8.45. The zero-order valence-electron chi connectivity index (χ0n) is 17.5. The topological polar surface area (TPSA) is 89.3 Å². The molecule has 2 heterocycles. The summed E-state index contributed by atoms with van der Waals surface area (Å²) in [6.07, 6.45) is 0. The normalized spacial score (nSPS) is 11.0. The minimum atomic E-state index is -0.332. The molecule has 0 spiro atoms. The summed E-state index contributed by atoms with van der Waals surface area (Å²) >= 11 is 1.15. The summed E-state index contributed by atoms with van der Waals surface area (Å²) in [5, 5.41) is 3.66. The number of Topliss-reactive ketones (excluding diaryl/α,β-unsaturated/α-hetero) is 1. The highest BCUT2D eigenvalue weighted by Crippen LogP contribution is 2.26. The highest BCUT2D eigenvalue weighted by molar-refractivity contribution is 7.17. The maximum Gasteiger partial charge on any atom is 0.257 e. The molecule has 0 radical (unpaired) electrons. The number of fused-ring (bicyclic) bond motifs is 1. The summed E-state index contributed by atoms with van der Waals surface area (Å²) in [6.45, 7) is 7.06. The maximum atomic E-state index is 12.6. The molecule has 4 rings (SSSR count). The standard InChI is InChI=1S/C24H20N2O4S/c1-12-9-13(2)21-18(10-12)19(28)11-20(30-21)16-5-7-17(8-6-16)23(29)26-24-25-14(3)22(31-24)15(4)27/h5-11H,1-4H3,(H,25,26,29). The van der Waals surface area contributed by atoms with E-state index in [2.05, 4.69) is 10.3 Å². The minimum Gasteiger partial charge on any atom is -0.456 e. The number of ketones is 1. The molecule has 0 atom stereocenters. The van der Waals surface area contributed by atoms with E-state index in [1.165, 1.54) is 13.0 Å². The first-order valence-electron chi connectivity index (χ1n) is 9.68. The number of thiazole rings is 1. The number of hydrogen-bond donors (Lipinski definition) is 1. The van der Waals surface area contributed by atoms with Crippen molar-refractivity contribution >= 4 is 39.1 Å². The Hall–Kier alpha value is -3.58. The van der Waals surface area contributed by atoms with E-state index in [0.29, 0.717) is 43.6 Å². The summed E-state index contributed by atoms with van der Waals surface area (Å²) in [5.74, 6) is 0.0295. The number of aromatic nitrogens is 1. The van der Waals surface area contributed by atoms with Crippen LogP contribution in [0.15, 0.2) is 51.7 Å². The lowest BCUT2D eigenvalue weighted by Gasteiger charge is -2.07. The van der Waals surface area contributed by atoms with Gasteiger partial charge in [-0.1, -0.05) is 29.5 Å². The smallest absolute Gasteiger partial charge is 0.257 e. The van der Waals surface area contributed by atoms with Gasteiger partial charge >= 0.3 is 0 Å². The van der Waals surface area contributed by atoms with Crippen molar-refractivity contribution in [1.82, 2.24) is 4.98 Å². The van der Waals surface area contributed by atoms with E-state index in [-0.39, 0.29) is 17.1 Å². The van der Waals surface area contributed by atoms with E-state index in [1.54, 1.807) is 31.2 Å². The van der Waals surface area contributed by atoms with Crippen LogP contribution in [0.5, 0.6) is 0 Å². The van der Waals surface area contributed by atoms with Crippen LogP contribution in [0.2, 0.25) is 0 Å². The third kappa shape index (κ3) is 4.04. The number of aryl methyl sites for hydroxylation is 3. The number of benzene rings is 2. The largest absolute Gasteiger partial charge is 0.456 e. The molecule has 0 aliphatic heterocycles. The average Bonchev–Trinajstić information content (AvgIpc) is 3.09. The molecule has 2 aromatic heterocycles. The van der Waals surface area contributed by atoms with Gasteiger partial charge in [-0.3, -0.25) is 19.7 Å². The summed E-state index contributed by atoms with van der Waals surface area (Å²) in [5.41, 5.74) is 4.08. The van der Waals surface area contributed by atoms with Gasteiger partial charge in [-0.2, -0.15) is 0 Å². The monoisotopic (exact) mass is 432 g/mol. The number of hydrogen-bond acceptors (Lipinski definition) is 6. The Bertz CT molecular complexity index is 1400. The quantitative estimate of drug-likeness (QED) is 0.442. The van der Waals surface area contributed by atoms with Crippen molar-refractivity contribution in [3.63, 3.8) is 0 Å². The number of rotatable bonds is 4. The molecule has 0 fully saturated rings. The third-order valence-corrected chi connectivity index (χ3v) is 6.10. The van der Waals surface area contributed by atoms with Crippen LogP contribution in [0, 0.1) is 20.8 Å². The molecule has 2 aromatic carbocycles. The van der Waals surface area contributed by atoms with Crippen molar-refractivity contribution in [3.05, 3.63) is 79.9 Å². The van der Waals surface area contributed by atoms with E-state index in [4.69, 9.17) is 4.42 Å². The Balaban J connectivity index is 1.61. The number of amides is 1. The average molecular weight is 433 g/mol. The van der Waals surface area contributed by atoms with Crippen LogP contribution < -0.4 is 10.7 Å². The van der Waals surface area contributed by atoms with E-state index in [9.17, 15) is 14.4 Å². The van der Waals surface area contributed by atoms with Crippen molar-refractivity contribution in [2.75, 3.05) is 5.32 Å². The number of nitrogens with one attached hydrogen (secondary N) is 1. The second kappa shape index (κ2) is 7.92. The molecule has 0 bridgehead atoms. The lowest BCUT2D eigenvalue weighted by Crippen LogP contribution is -2.11. The third-order valence-electron chi connectivity index (χ3n) is 4.93. The molecule has 0 unspecified atom stereocenters. The zero-order valence-corrected chi connectivity index (χ0v) is 18.3. The lowest BCUT2D eigenvalue weighted by atomic mass is 10.1. The van der Waals surface area contributed by atoms with Crippen LogP contribution >= 0.6 is 11.3 Å². The molecule has 0 saturated heterocycles. The van der Waals surface area contributed by atoms with Crippen LogP contribution in [0.4, 0.5) is 5.13 Å². The lowest BCUT2D eigenvalue weighted by molar-refractivity contribution is 0.101. The molecule has 6 nitrogen and oxygen atoms in total. The van der Waals surface area contributed by atoms with Gasteiger partial charge < -0.3 is 4.42 Å². The highest BCUT2D eigenvalue weighted by atomic mass is 32.1. The van der Waals surface area contributed by atoms with Crippen molar-refractivity contribution in [2.45, 2.75) is 27.7 Å². The molecule has 0 aliphatic rings. The predicted octanol–water partition coefficient (Wildman–Crippen LogP) is 5.30. The van der Waals surface area contributed by atoms with Gasteiger partial charge in [0.2, 0.25) is 0 Å². The van der Waals surface area contributed by atoms with E-state index in [0.717, 1.165) is 22.5 Å². The van der Waals surface area contributed by atoms with Crippen molar-refractivity contribution in [3.8, 4) is 11.3 Å². The first-order chi connectivity index (χ1) is 14.7. The summed E-state index contributed by atoms with van der Waals surface area (Å²) in [4.78, 5) is 41.5. The van der Waals surface area contributed by atoms with Crippen molar-refractivity contribution in [1.29, 1.82) is 0 Å². The number of nitrogens with zero attached hydrogens (tertiary/aromatic N) is 1. The fourth-order valence-electron chi connectivity index (χ4n) is 3.48. The molecular formula is C24H20N2O4S. The molecule has 0 saturated carbocycles. The van der Waals surface area contributed by atoms with Gasteiger partial charge in [0.05, 0.1) is 16.0 Å². The molecular weight excluding hydrogens is 412 g/mol. The number of carbonyl (C=O) groups is 2. The van der Waals surface area contributed by atoms with E-state index >= 15 is 0 Å². The van der Waals surface area contributed by atoms with Gasteiger partial charge in [-0.15, -0.1) is 0 Å². The van der Waals surface area contributed by atoms with Crippen LogP contribution in [0.25, 0.3) is 22.3 Å². The number of carbonyl (C=O) groups excluding carboxylic acids is 2. The molecule has 31 heavy (non-hydrogen) atoms. The van der Waals surface area contributed by atoms with Crippen LogP contribution in [0.1, 0.15) is 43.8 Å². The molecule has 1 N–H and O–H groups in total. The Morgan fingerprint density at radius 1 is 1.03 bits per heavy atom. The zero-order chi connectivity index (χ0) is 22.3. The SMILES string of the molecule is CC(=O)c1sc(NC(=O)c2ccc(-c3cc(=O)c4cc(C)cc(C)c4o3)cc2)nc1C. The maximum absolute atomic E-state index is 12.6.